The molecule has 0 spiro atoms. The van der Waals surface area contributed by atoms with E-state index in [1.807, 2.05) is 27.7 Å². The lowest BCUT2D eigenvalue weighted by atomic mass is 10.0. The van der Waals surface area contributed by atoms with E-state index in [4.69, 9.17) is 4.98 Å². The summed E-state index contributed by atoms with van der Waals surface area (Å²) in [6, 6.07) is 6.68. The monoisotopic (exact) mass is 413 g/mol. The van der Waals surface area contributed by atoms with Crippen LogP contribution in [0, 0.1) is 29.9 Å². The fourth-order valence-corrected chi connectivity index (χ4v) is 3.74. The zero-order valence-corrected chi connectivity index (χ0v) is 18.2. The molecule has 1 fully saturated rings. The molecular weight excluding hydrogens is 382 g/mol. The van der Waals surface area contributed by atoms with Gasteiger partial charge in [0.05, 0.1) is 11.0 Å². The molecule has 0 saturated carbocycles. The van der Waals surface area contributed by atoms with Crippen LogP contribution in [0.2, 0.25) is 0 Å². The number of rotatable bonds is 7. The smallest absolute Gasteiger partial charge is 0.269 e. The Morgan fingerprint density at radius 3 is 2.30 bits per heavy atom. The van der Waals surface area contributed by atoms with Crippen molar-refractivity contribution in [2.24, 2.45) is 5.92 Å². The summed E-state index contributed by atoms with van der Waals surface area (Å²) in [5.41, 5.74) is 3.09. The molecule has 1 aromatic heterocycles. The molecule has 2 heterocycles. The molecule has 8 heteroatoms. The number of hydrogen-bond donors (Lipinski definition) is 1. The van der Waals surface area contributed by atoms with Crippen LogP contribution in [0.5, 0.6) is 0 Å². The van der Waals surface area contributed by atoms with E-state index in [9.17, 15) is 15.2 Å². The van der Waals surface area contributed by atoms with Crippen LogP contribution in [0.1, 0.15) is 36.5 Å². The van der Waals surface area contributed by atoms with Gasteiger partial charge >= 0.3 is 0 Å². The van der Waals surface area contributed by atoms with Crippen molar-refractivity contribution in [1.29, 1.82) is 0 Å². The molecule has 0 bridgehead atoms. The SMILES string of the molecule is Cc1nc(C)c(Cc2ccc([N+](=O)[O-])cc2)c(N2CCN(CC(O)C(C)C)CC2)n1. The van der Waals surface area contributed by atoms with Crippen LogP contribution in [-0.4, -0.2) is 63.7 Å². The van der Waals surface area contributed by atoms with Crippen LogP contribution >= 0.6 is 0 Å². The fraction of sp³-hybridized carbons (Fsp3) is 0.545. The summed E-state index contributed by atoms with van der Waals surface area (Å²) in [4.78, 5) is 24.4. The van der Waals surface area contributed by atoms with Crippen LogP contribution in [0.3, 0.4) is 0 Å². The highest BCUT2D eigenvalue weighted by molar-refractivity contribution is 5.52. The molecule has 1 saturated heterocycles. The number of benzene rings is 1. The van der Waals surface area contributed by atoms with Gasteiger partial charge in [0.2, 0.25) is 0 Å². The highest BCUT2D eigenvalue weighted by Gasteiger charge is 2.24. The lowest BCUT2D eigenvalue weighted by Crippen LogP contribution is -2.49. The van der Waals surface area contributed by atoms with Crippen molar-refractivity contribution in [2.45, 2.75) is 40.2 Å². The fourth-order valence-electron chi connectivity index (χ4n) is 3.74. The van der Waals surface area contributed by atoms with E-state index < -0.39 is 0 Å². The maximum Gasteiger partial charge on any atom is 0.269 e. The van der Waals surface area contributed by atoms with Gasteiger partial charge in [-0.25, -0.2) is 9.97 Å². The Labute approximate surface area is 177 Å². The minimum Gasteiger partial charge on any atom is -0.392 e. The zero-order chi connectivity index (χ0) is 21.8. The van der Waals surface area contributed by atoms with E-state index in [1.165, 1.54) is 12.1 Å². The summed E-state index contributed by atoms with van der Waals surface area (Å²) in [5.74, 6) is 1.94. The van der Waals surface area contributed by atoms with Gasteiger partial charge in [0.1, 0.15) is 11.6 Å². The summed E-state index contributed by atoms with van der Waals surface area (Å²) in [5, 5.41) is 21.1. The number of aryl methyl sites for hydroxylation is 2. The topological polar surface area (TPSA) is 95.6 Å². The predicted molar refractivity (Wildman–Crippen MR) is 117 cm³/mol. The number of aliphatic hydroxyl groups excluding tert-OH is 1. The summed E-state index contributed by atoms with van der Waals surface area (Å²) < 4.78 is 0. The summed E-state index contributed by atoms with van der Waals surface area (Å²) >= 11 is 0. The molecule has 1 aromatic carbocycles. The molecule has 0 radical (unpaired) electrons. The number of anilines is 1. The molecule has 0 amide bonds. The standard InChI is InChI=1S/C22H31N5O3/c1-15(2)21(28)14-25-9-11-26(12-10-25)22-20(16(3)23-17(4)24-22)13-18-5-7-19(8-6-18)27(29)30/h5-8,15,21,28H,9-14H2,1-4H3. The first kappa shape index (κ1) is 22.1. The molecule has 1 unspecified atom stereocenters. The highest BCUT2D eigenvalue weighted by atomic mass is 16.6. The van der Waals surface area contributed by atoms with Crippen molar-refractivity contribution >= 4 is 11.5 Å². The molecule has 162 valence electrons. The first-order chi connectivity index (χ1) is 14.2. The summed E-state index contributed by atoms with van der Waals surface area (Å²) in [6.07, 6.45) is 0.323. The maximum absolute atomic E-state index is 10.9. The molecule has 1 aliphatic heterocycles. The van der Waals surface area contributed by atoms with Gasteiger partial charge in [0.25, 0.3) is 5.69 Å². The minimum atomic E-state index is -0.384. The van der Waals surface area contributed by atoms with Crippen molar-refractivity contribution in [3.63, 3.8) is 0 Å². The van der Waals surface area contributed by atoms with Crippen LogP contribution in [0.4, 0.5) is 11.5 Å². The van der Waals surface area contributed by atoms with Gasteiger partial charge in [0.15, 0.2) is 0 Å². The first-order valence-corrected chi connectivity index (χ1v) is 10.5. The molecule has 1 N–H and O–H groups in total. The molecule has 1 atom stereocenters. The first-order valence-electron chi connectivity index (χ1n) is 10.5. The molecule has 2 aromatic rings. The third kappa shape index (κ3) is 5.31. The number of aliphatic hydroxyl groups is 1. The molecule has 8 nitrogen and oxygen atoms in total. The summed E-state index contributed by atoms with van der Waals surface area (Å²) in [6.45, 7) is 12.1. The van der Waals surface area contributed by atoms with Crippen molar-refractivity contribution in [1.82, 2.24) is 14.9 Å². The van der Waals surface area contributed by atoms with Gasteiger partial charge in [-0.3, -0.25) is 15.0 Å². The zero-order valence-electron chi connectivity index (χ0n) is 18.2. The van der Waals surface area contributed by atoms with Crippen molar-refractivity contribution in [3.8, 4) is 0 Å². The lowest BCUT2D eigenvalue weighted by Gasteiger charge is -2.37. The van der Waals surface area contributed by atoms with E-state index in [2.05, 4.69) is 14.8 Å². The molecule has 3 rings (SSSR count). The van der Waals surface area contributed by atoms with Gasteiger partial charge in [-0.15, -0.1) is 0 Å². The van der Waals surface area contributed by atoms with Gasteiger partial charge in [-0.2, -0.15) is 0 Å². The van der Waals surface area contributed by atoms with Gasteiger partial charge < -0.3 is 10.0 Å². The Morgan fingerprint density at radius 1 is 1.10 bits per heavy atom. The van der Waals surface area contributed by atoms with E-state index in [-0.39, 0.29) is 22.6 Å². The molecule has 30 heavy (non-hydrogen) atoms. The largest absolute Gasteiger partial charge is 0.392 e. The average molecular weight is 414 g/mol. The van der Waals surface area contributed by atoms with Crippen molar-refractivity contribution in [3.05, 3.63) is 57.0 Å². The Kier molecular flexibility index (Phi) is 6.99. The predicted octanol–water partition coefficient (Wildman–Crippen LogP) is 2.73. The highest BCUT2D eigenvalue weighted by Crippen LogP contribution is 2.26. The van der Waals surface area contributed by atoms with Crippen LogP contribution < -0.4 is 4.90 Å². The Balaban J connectivity index is 1.76. The number of nitro groups is 1. The number of nitrogens with zero attached hydrogens (tertiary/aromatic N) is 5. The van der Waals surface area contributed by atoms with E-state index in [1.54, 1.807) is 12.1 Å². The van der Waals surface area contributed by atoms with Crippen LogP contribution in [0.15, 0.2) is 24.3 Å². The van der Waals surface area contributed by atoms with Crippen LogP contribution in [-0.2, 0) is 6.42 Å². The number of piperazine rings is 1. The number of non-ortho nitro benzene ring substituents is 1. The third-order valence-electron chi connectivity index (χ3n) is 5.72. The maximum atomic E-state index is 10.9. The molecule has 1 aliphatic rings. The van der Waals surface area contributed by atoms with E-state index >= 15 is 0 Å². The molecule has 0 aliphatic carbocycles. The quantitative estimate of drug-likeness (QED) is 0.551. The van der Waals surface area contributed by atoms with Crippen LogP contribution in [0.25, 0.3) is 0 Å². The third-order valence-corrected chi connectivity index (χ3v) is 5.72. The average Bonchev–Trinajstić information content (AvgIpc) is 2.70. The van der Waals surface area contributed by atoms with E-state index in [0.717, 1.165) is 54.6 Å². The van der Waals surface area contributed by atoms with Crippen molar-refractivity contribution < 1.29 is 10.0 Å². The normalized spacial score (nSPS) is 16.1. The number of β-amino-alcohol motifs (C(OH)–C–C–N with tert-alkyl or cyclic N) is 1. The Morgan fingerprint density at radius 2 is 1.73 bits per heavy atom. The van der Waals surface area contributed by atoms with Crippen molar-refractivity contribution in [2.75, 3.05) is 37.6 Å². The number of hydrogen-bond acceptors (Lipinski definition) is 7. The minimum absolute atomic E-state index is 0.0931. The molecular formula is C22H31N5O3. The summed E-state index contributed by atoms with van der Waals surface area (Å²) in [7, 11) is 0. The number of aromatic nitrogens is 2. The van der Waals surface area contributed by atoms with E-state index in [0.29, 0.717) is 13.0 Å². The second-order valence-corrected chi connectivity index (χ2v) is 8.36. The van der Waals surface area contributed by atoms with Gasteiger partial charge in [0, 0.05) is 62.5 Å². The van der Waals surface area contributed by atoms with Gasteiger partial charge in [-0.1, -0.05) is 26.0 Å². The second-order valence-electron chi connectivity index (χ2n) is 8.36. The Hall–Kier alpha value is -2.58. The second kappa shape index (κ2) is 9.49. The lowest BCUT2D eigenvalue weighted by molar-refractivity contribution is -0.384. The Bertz CT molecular complexity index is 877. The van der Waals surface area contributed by atoms with Gasteiger partial charge in [-0.05, 0) is 25.3 Å². The number of nitro benzene ring substituents is 1.